The van der Waals surface area contributed by atoms with Crippen molar-refractivity contribution in [2.45, 2.75) is 39.0 Å². The highest BCUT2D eigenvalue weighted by Gasteiger charge is 2.24. The van der Waals surface area contributed by atoms with E-state index in [9.17, 15) is 4.79 Å². The smallest absolute Gasteiger partial charge is 0.222 e. The highest BCUT2D eigenvalue weighted by molar-refractivity contribution is 5.76. The van der Waals surface area contributed by atoms with Crippen LogP contribution in [0.2, 0.25) is 0 Å². The summed E-state index contributed by atoms with van der Waals surface area (Å²) in [6, 6.07) is 10.7. The summed E-state index contributed by atoms with van der Waals surface area (Å²) in [5.74, 6) is 1.36. The zero-order valence-corrected chi connectivity index (χ0v) is 13.1. The number of piperidine rings is 1. The molecule has 0 spiro atoms. The Kier molecular flexibility index (Phi) is 6.24. The molecule has 3 nitrogen and oxygen atoms in total. The Hall–Kier alpha value is -1.35. The zero-order valence-electron chi connectivity index (χ0n) is 13.1. The van der Waals surface area contributed by atoms with Crippen molar-refractivity contribution in [1.29, 1.82) is 0 Å². The van der Waals surface area contributed by atoms with Gasteiger partial charge in [0.05, 0.1) is 0 Å². The van der Waals surface area contributed by atoms with E-state index in [-0.39, 0.29) is 0 Å². The van der Waals surface area contributed by atoms with E-state index in [1.165, 1.54) is 5.56 Å². The van der Waals surface area contributed by atoms with Crippen LogP contribution < -0.4 is 5.73 Å². The molecule has 1 saturated heterocycles. The number of carbonyl (C=O) groups excluding carboxylic acids is 1. The van der Waals surface area contributed by atoms with Gasteiger partial charge in [-0.05, 0) is 43.2 Å². The van der Waals surface area contributed by atoms with E-state index < -0.39 is 0 Å². The van der Waals surface area contributed by atoms with Crippen molar-refractivity contribution in [2.75, 3.05) is 19.6 Å². The molecule has 21 heavy (non-hydrogen) atoms. The van der Waals surface area contributed by atoms with Gasteiger partial charge in [0, 0.05) is 19.5 Å². The Morgan fingerprint density at radius 2 is 1.95 bits per heavy atom. The molecule has 1 aliphatic heterocycles. The molecule has 2 rings (SSSR count). The van der Waals surface area contributed by atoms with Crippen molar-refractivity contribution in [2.24, 2.45) is 17.6 Å². The second-order valence-electron chi connectivity index (χ2n) is 6.23. The molecular formula is C18H28N2O. The molecule has 116 valence electrons. The minimum atomic E-state index is 0.297. The van der Waals surface area contributed by atoms with Crippen LogP contribution in [0, 0.1) is 11.8 Å². The molecule has 1 heterocycles. The predicted octanol–water partition coefficient (Wildman–Crippen LogP) is 2.84. The number of benzene rings is 1. The number of nitrogens with two attached hydrogens (primary N) is 1. The van der Waals surface area contributed by atoms with Crippen LogP contribution in [-0.4, -0.2) is 30.4 Å². The first-order valence-corrected chi connectivity index (χ1v) is 8.24. The van der Waals surface area contributed by atoms with Crippen LogP contribution >= 0.6 is 0 Å². The number of hydrogen-bond donors (Lipinski definition) is 1. The highest BCUT2D eigenvalue weighted by Crippen LogP contribution is 2.22. The maximum absolute atomic E-state index is 12.3. The van der Waals surface area contributed by atoms with Gasteiger partial charge in [-0.25, -0.2) is 0 Å². The van der Waals surface area contributed by atoms with Gasteiger partial charge in [-0.1, -0.05) is 43.7 Å². The standard InChI is InChI=1S/C18H28N2O/c1-2-15(14-19)13-18(21)20-10-8-17(9-11-20)12-16-6-4-3-5-7-16/h3-7,15,17H,2,8-14,19H2,1H3. The summed E-state index contributed by atoms with van der Waals surface area (Å²) in [5.41, 5.74) is 7.11. The van der Waals surface area contributed by atoms with Gasteiger partial charge < -0.3 is 10.6 Å². The summed E-state index contributed by atoms with van der Waals surface area (Å²) in [4.78, 5) is 14.3. The Balaban J connectivity index is 1.76. The molecular weight excluding hydrogens is 260 g/mol. The van der Waals surface area contributed by atoms with Crippen molar-refractivity contribution in [3.8, 4) is 0 Å². The van der Waals surface area contributed by atoms with Gasteiger partial charge in [-0.2, -0.15) is 0 Å². The normalized spacial score (nSPS) is 17.7. The molecule has 1 amide bonds. The summed E-state index contributed by atoms with van der Waals surface area (Å²) in [6.45, 7) is 4.55. The van der Waals surface area contributed by atoms with Crippen molar-refractivity contribution < 1.29 is 4.79 Å². The lowest BCUT2D eigenvalue weighted by Gasteiger charge is -2.33. The largest absolute Gasteiger partial charge is 0.343 e. The van der Waals surface area contributed by atoms with Gasteiger partial charge >= 0.3 is 0 Å². The molecule has 3 heteroatoms. The van der Waals surface area contributed by atoms with Crippen molar-refractivity contribution in [3.05, 3.63) is 35.9 Å². The van der Waals surface area contributed by atoms with Gasteiger partial charge in [-0.3, -0.25) is 4.79 Å². The van der Waals surface area contributed by atoms with Gasteiger partial charge in [0.15, 0.2) is 0 Å². The van der Waals surface area contributed by atoms with E-state index in [0.717, 1.165) is 38.8 Å². The Bertz CT molecular complexity index is 420. The van der Waals surface area contributed by atoms with Crippen LogP contribution in [0.4, 0.5) is 0 Å². The summed E-state index contributed by atoms with van der Waals surface area (Å²) in [6.07, 6.45) is 5.01. The summed E-state index contributed by atoms with van der Waals surface area (Å²) in [5, 5.41) is 0. The predicted molar refractivity (Wildman–Crippen MR) is 86.9 cm³/mol. The molecule has 0 aromatic heterocycles. The summed E-state index contributed by atoms with van der Waals surface area (Å²) < 4.78 is 0. The first-order chi connectivity index (χ1) is 10.2. The molecule has 1 aromatic carbocycles. The summed E-state index contributed by atoms with van der Waals surface area (Å²) in [7, 11) is 0. The topological polar surface area (TPSA) is 46.3 Å². The van der Waals surface area contributed by atoms with Crippen LogP contribution in [0.15, 0.2) is 30.3 Å². The number of rotatable bonds is 6. The highest BCUT2D eigenvalue weighted by atomic mass is 16.2. The number of amides is 1. The fraction of sp³-hybridized carbons (Fsp3) is 0.611. The quantitative estimate of drug-likeness (QED) is 0.875. The van der Waals surface area contributed by atoms with E-state index in [0.29, 0.717) is 30.7 Å². The maximum Gasteiger partial charge on any atom is 0.222 e. The SMILES string of the molecule is CCC(CN)CC(=O)N1CCC(Cc2ccccc2)CC1. The zero-order chi connectivity index (χ0) is 15.1. The molecule has 0 radical (unpaired) electrons. The Morgan fingerprint density at radius 1 is 1.29 bits per heavy atom. The lowest BCUT2D eigenvalue weighted by atomic mass is 9.90. The number of carbonyl (C=O) groups is 1. The maximum atomic E-state index is 12.3. The fourth-order valence-corrected chi connectivity index (χ4v) is 3.10. The second kappa shape index (κ2) is 8.18. The van der Waals surface area contributed by atoms with Crippen molar-refractivity contribution in [3.63, 3.8) is 0 Å². The van der Waals surface area contributed by atoms with Crippen molar-refractivity contribution in [1.82, 2.24) is 4.90 Å². The van der Waals surface area contributed by atoms with Crippen LogP contribution in [0.3, 0.4) is 0 Å². The fourth-order valence-electron chi connectivity index (χ4n) is 3.10. The molecule has 1 aromatic rings. The number of hydrogen-bond acceptors (Lipinski definition) is 2. The molecule has 1 atom stereocenters. The van der Waals surface area contributed by atoms with E-state index in [1.54, 1.807) is 0 Å². The van der Waals surface area contributed by atoms with Gasteiger partial charge in [0.1, 0.15) is 0 Å². The van der Waals surface area contributed by atoms with Gasteiger partial charge in [-0.15, -0.1) is 0 Å². The average Bonchev–Trinajstić information content (AvgIpc) is 2.54. The minimum absolute atomic E-state index is 0.297. The Morgan fingerprint density at radius 3 is 2.52 bits per heavy atom. The third-order valence-electron chi connectivity index (χ3n) is 4.71. The minimum Gasteiger partial charge on any atom is -0.343 e. The molecule has 0 saturated carbocycles. The van der Waals surface area contributed by atoms with Gasteiger partial charge in [0.25, 0.3) is 0 Å². The van der Waals surface area contributed by atoms with Crippen LogP contribution in [0.1, 0.15) is 38.2 Å². The van der Waals surface area contributed by atoms with Crippen LogP contribution in [-0.2, 0) is 11.2 Å². The lowest BCUT2D eigenvalue weighted by molar-refractivity contribution is -0.133. The van der Waals surface area contributed by atoms with Crippen molar-refractivity contribution >= 4 is 5.91 Å². The monoisotopic (exact) mass is 288 g/mol. The molecule has 0 aliphatic carbocycles. The summed E-state index contributed by atoms with van der Waals surface area (Å²) >= 11 is 0. The van der Waals surface area contributed by atoms with E-state index in [1.807, 2.05) is 4.90 Å². The molecule has 1 aliphatic rings. The Labute approximate surface area is 128 Å². The first-order valence-electron chi connectivity index (χ1n) is 8.24. The molecule has 1 unspecified atom stereocenters. The first kappa shape index (κ1) is 16.0. The number of nitrogens with zero attached hydrogens (tertiary/aromatic N) is 1. The van der Waals surface area contributed by atoms with Crippen LogP contribution in [0.5, 0.6) is 0 Å². The molecule has 2 N–H and O–H groups in total. The van der Waals surface area contributed by atoms with Gasteiger partial charge in [0.2, 0.25) is 5.91 Å². The molecule has 1 fully saturated rings. The van der Waals surface area contributed by atoms with E-state index in [4.69, 9.17) is 5.73 Å². The molecule has 0 bridgehead atoms. The third kappa shape index (κ3) is 4.85. The lowest BCUT2D eigenvalue weighted by Crippen LogP contribution is -2.40. The van der Waals surface area contributed by atoms with Crippen LogP contribution in [0.25, 0.3) is 0 Å². The average molecular weight is 288 g/mol. The van der Waals surface area contributed by atoms with E-state index >= 15 is 0 Å². The third-order valence-corrected chi connectivity index (χ3v) is 4.71. The van der Waals surface area contributed by atoms with E-state index in [2.05, 4.69) is 37.3 Å². The second-order valence-corrected chi connectivity index (χ2v) is 6.23. The number of likely N-dealkylation sites (tertiary alicyclic amines) is 1.